The van der Waals surface area contributed by atoms with E-state index in [1.807, 2.05) is 31.2 Å². The Balaban J connectivity index is 1.37. The lowest BCUT2D eigenvalue weighted by molar-refractivity contribution is -0.124. The number of carbonyl (C=O) groups is 1. The molecule has 2 aliphatic rings. The van der Waals surface area contributed by atoms with Crippen molar-refractivity contribution >= 4 is 15.9 Å². The summed E-state index contributed by atoms with van der Waals surface area (Å²) in [6.45, 7) is 3.69. The number of rotatable bonds is 7. The number of nitrogens with one attached hydrogen (secondary N) is 1. The molecule has 0 spiro atoms. The average Bonchev–Trinajstić information content (AvgIpc) is 3.28. The van der Waals surface area contributed by atoms with Crippen LogP contribution in [0.15, 0.2) is 47.4 Å². The Hall–Kier alpha value is -2.78. The molecular formula is C22H26N2O6S. The summed E-state index contributed by atoms with van der Waals surface area (Å²) in [5.41, 5.74) is 1.14. The Kier molecular flexibility index (Phi) is 6.33. The van der Waals surface area contributed by atoms with E-state index in [0.29, 0.717) is 57.3 Å². The molecule has 2 aromatic carbocycles. The summed E-state index contributed by atoms with van der Waals surface area (Å²) in [5.74, 6) is 1.34. The zero-order valence-electron chi connectivity index (χ0n) is 17.4. The smallest absolute Gasteiger partial charge is 0.243 e. The first-order valence-electron chi connectivity index (χ1n) is 10.3. The highest BCUT2D eigenvalue weighted by Gasteiger charge is 2.39. The van der Waals surface area contributed by atoms with Crippen molar-refractivity contribution in [1.29, 1.82) is 0 Å². The molecule has 0 bridgehead atoms. The Bertz CT molecular complexity index is 1040. The van der Waals surface area contributed by atoms with Crippen LogP contribution < -0.4 is 19.5 Å². The van der Waals surface area contributed by atoms with Crippen LogP contribution in [0, 0.1) is 6.92 Å². The SMILES string of the molecule is Cc1ccc(OCCNC(=O)C2CCCN2S(=O)(=O)c2ccc3c(c2)OCCO3)cc1. The first-order chi connectivity index (χ1) is 14.9. The molecule has 2 aliphatic heterocycles. The van der Waals surface area contributed by atoms with Crippen molar-refractivity contribution in [3.05, 3.63) is 48.0 Å². The average molecular weight is 447 g/mol. The molecule has 9 heteroatoms. The zero-order valence-corrected chi connectivity index (χ0v) is 18.2. The molecule has 8 nitrogen and oxygen atoms in total. The van der Waals surface area contributed by atoms with Crippen molar-refractivity contribution in [2.45, 2.75) is 30.7 Å². The minimum atomic E-state index is -3.84. The molecule has 1 fully saturated rings. The molecule has 1 atom stereocenters. The normalized spacial score (nSPS) is 18.5. The first kappa shape index (κ1) is 21.5. The van der Waals surface area contributed by atoms with Crippen molar-refractivity contribution in [3.63, 3.8) is 0 Å². The second-order valence-electron chi connectivity index (χ2n) is 7.53. The summed E-state index contributed by atoms with van der Waals surface area (Å²) in [6.07, 6.45) is 1.11. The highest BCUT2D eigenvalue weighted by molar-refractivity contribution is 7.89. The van der Waals surface area contributed by atoms with Gasteiger partial charge in [-0.25, -0.2) is 8.42 Å². The lowest BCUT2D eigenvalue weighted by atomic mass is 10.2. The van der Waals surface area contributed by atoms with Crippen LogP contribution in [0.2, 0.25) is 0 Å². The van der Waals surface area contributed by atoms with E-state index in [9.17, 15) is 13.2 Å². The van der Waals surface area contributed by atoms with Gasteiger partial charge in [-0.05, 0) is 44.0 Å². The minimum Gasteiger partial charge on any atom is -0.492 e. The van der Waals surface area contributed by atoms with Gasteiger partial charge in [0.15, 0.2) is 11.5 Å². The minimum absolute atomic E-state index is 0.0964. The summed E-state index contributed by atoms with van der Waals surface area (Å²) < 4.78 is 44.3. The van der Waals surface area contributed by atoms with Gasteiger partial charge < -0.3 is 19.5 Å². The molecule has 4 rings (SSSR count). The Labute approximate surface area is 182 Å². The van der Waals surface area contributed by atoms with Gasteiger partial charge in [-0.1, -0.05) is 17.7 Å². The summed E-state index contributed by atoms with van der Waals surface area (Å²) in [6, 6.07) is 11.5. The van der Waals surface area contributed by atoms with Gasteiger partial charge in [0.05, 0.1) is 11.4 Å². The third-order valence-electron chi connectivity index (χ3n) is 5.32. The maximum Gasteiger partial charge on any atom is 0.243 e. The van der Waals surface area contributed by atoms with E-state index in [0.717, 1.165) is 11.3 Å². The van der Waals surface area contributed by atoms with Gasteiger partial charge in [-0.15, -0.1) is 0 Å². The molecule has 0 aromatic heterocycles. The van der Waals surface area contributed by atoms with Crippen LogP contribution in [0.3, 0.4) is 0 Å². The molecule has 166 valence electrons. The van der Waals surface area contributed by atoms with Crippen molar-refractivity contribution in [1.82, 2.24) is 9.62 Å². The molecule has 1 amide bonds. The van der Waals surface area contributed by atoms with Gasteiger partial charge in [0.25, 0.3) is 0 Å². The third-order valence-corrected chi connectivity index (χ3v) is 7.22. The number of benzene rings is 2. The number of sulfonamides is 1. The van der Waals surface area contributed by atoms with E-state index in [-0.39, 0.29) is 10.8 Å². The van der Waals surface area contributed by atoms with Gasteiger partial charge in [0.1, 0.15) is 31.6 Å². The molecular weight excluding hydrogens is 420 g/mol. The van der Waals surface area contributed by atoms with Gasteiger partial charge in [0, 0.05) is 12.6 Å². The predicted molar refractivity (Wildman–Crippen MR) is 114 cm³/mol. The number of ether oxygens (including phenoxy) is 3. The van der Waals surface area contributed by atoms with Crippen LogP contribution in [0.5, 0.6) is 17.2 Å². The van der Waals surface area contributed by atoms with Crippen LogP contribution in [-0.4, -0.2) is 57.6 Å². The van der Waals surface area contributed by atoms with Gasteiger partial charge in [-0.3, -0.25) is 4.79 Å². The van der Waals surface area contributed by atoms with E-state index in [1.165, 1.54) is 16.4 Å². The van der Waals surface area contributed by atoms with Crippen LogP contribution in [-0.2, 0) is 14.8 Å². The van der Waals surface area contributed by atoms with E-state index >= 15 is 0 Å². The largest absolute Gasteiger partial charge is 0.492 e. The van der Waals surface area contributed by atoms with Crippen molar-refractivity contribution in [3.8, 4) is 17.2 Å². The van der Waals surface area contributed by atoms with Crippen LogP contribution >= 0.6 is 0 Å². The number of nitrogens with zero attached hydrogens (tertiary/aromatic N) is 1. The number of fused-ring (bicyclic) bond motifs is 1. The van der Waals surface area contributed by atoms with E-state index < -0.39 is 16.1 Å². The third kappa shape index (κ3) is 4.77. The van der Waals surface area contributed by atoms with Crippen LogP contribution in [0.25, 0.3) is 0 Å². The van der Waals surface area contributed by atoms with Crippen LogP contribution in [0.4, 0.5) is 0 Å². The summed E-state index contributed by atoms with van der Waals surface area (Å²) in [7, 11) is -3.84. The highest BCUT2D eigenvalue weighted by Crippen LogP contribution is 2.34. The van der Waals surface area contributed by atoms with E-state index in [4.69, 9.17) is 14.2 Å². The summed E-state index contributed by atoms with van der Waals surface area (Å²) in [4.78, 5) is 12.8. The molecule has 1 N–H and O–H groups in total. The Morgan fingerprint density at radius 3 is 2.65 bits per heavy atom. The fourth-order valence-electron chi connectivity index (χ4n) is 3.70. The van der Waals surface area contributed by atoms with Gasteiger partial charge in [0.2, 0.25) is 15.9 Å². The number of amides is 1. The molecule has 0 saturated carbocycles. The monoisotopic (exact) mass is 446 g/mol. The zero-order chi connectivity index (χ0) is 21.8. The highest BCUT2D eigenvalue weighted by atomic mass is 32.2. The van der Waals surface area contributed by atoms with E-state index in [2.05, 4.69) is 5.32 Å². The fourth-order valence-corrected chi connectivity index (χ4v) is 5.38. The standard InChI is InChI=1S/C22H26N2O6S/c1-16-4-6-17(7-5-16)28-12-10-23-22(25)19-3-2-11-24(19)31(26,27)18-8-9-20-21(15-18)30-14-13-29-20/h4-9,15,19H,2-3,10-14H2,1H3,(H,23,25). The Morgan fingerprint density at radius 1 is 1.13 bits per heavy atom. The topological polar surface area (TPSA) is 94.2 Å². The quantitative estimate of drug-likeness (QED) is 0.655. The van der Waals surface area contributed by atoms with Gasteiger partial charge >= 0.3 is 0 Å². The second kappa shape index (κ2) is 9.15. The molecule has 1 unspecified atom stereocenters. The number of hydrogen-bond donors (Lipinski definition) is 1. The maximum absolute atomic E-state index is 13.2. The number of carbonyl (C=O) groups excluding carboxylic acids is 1. The molecule has 0 aliphatic carbocycles. The predicted octanol–water partition coefficient (Wildman–Crippen LogP) is 2.11. The van der Waals surface area contributed by atoms with Gasteiger partial charge in [-0.2, -0.15) is 4.31 Å². The maximum atomic E-state index is 13.2. The number of aryl methyl sites for hydroxylation is 1. The number of hydrogen-bond acceptors (Lipinski definition) is 6. The second-order valence-corrected chi connectivity index (χ2v) is 9.42. The first-order valence-corrected chi connectivity index (χ1v) is 11.8. The molecule has 2 heterocycles. The molecule has 0 radical (unpaired) electrons. The molecule has 1 saturated heterocycles. The summed E-state index contributed by atoms with van der Waals surface area (Å²) in [5, 5.41) is 2.79. The van der Waals surface area contributed by atoms with E-state index in [1.54, 1.807) is 6.07 Å². The van der Waals surface area contributed by atoms with Crippen molar-refractivity contribution in [2.75, 3.05) is 32.9 Å². The van der Waals surface area contributed by atoms with Crippen LogP contribution in [0.1, 0.15) is 18.4 Å². The molecule has 31 heavy (non-hydrogen) atoms. The Morgan fingerprint density at radius 2 is 1.87 bits per heavy atom. The lowest BCUT2D eigenvalue weighted by Gasteiger charge is -2.24. The fraction of sp³-hybridized carbons (Fsp3) is 0.409. The summed E-state index contributed by atoms with van der Waals surface area (Å²) >= 11 is 0. The van der Waals surface area contributed by atoms with Crippen molar-refractivity contribution < 1.29 is 27.4 Å². The molecule has 2 aromatic rings. The van der Waals surface area contributed by atoms with Crippen molar-refractivity contribution in [2.24, 2.45) is 0 Å². The lowest BCUT2D eigenvalue weighted by Crippen LogP contribution is -2.46.